The largest absolute Gasteiger partial charge is 0.361 e. The van der Waals surface area contributed by atoms with Crippen LogP contribution >= 0.6 is 11.6 Å². The number of likely N-dealkylation sites (N-methyl/N-ethyl adjacent to an activating group) is 1. The van der Waals surface area contributed by atoms with Crippen LogP contribution in [-0.4, -0.2) is 72.1 Å². The van der Waals surface area contributed by atoms with E-state index in [1.165, 1.54) is 16.3 Å². The van der Waals surface area contributed by atoms with Gasteiger partial charge in [0.05, 0.1) is 12.7 Å². The molecule has 1 aliphatic heterocycles. The van der Waals surface area contributed by atoms with Gasteiger partial charge >= 0.3 is 0 Å². The highest BCUT2D eigenvalue weighted by molar-refractivity contribution is 6.29. The molecule has 0 saturated carbocycles. The Morgan fingerprint density at radius 3 is 2.56 bits per heavy atom. The van der Waals surface area contributed by atoms with Gasteiger partial charge in [-0.05, 0) is 62.6 Å². The molecule has 11 heteroatoms. The Balaban J connectivity index is 1.54. The molecule has 41 heavy (non-hydrogen) atoms. The van der Waals surface area contributed by atoms with Crippen LogP contribution in [0.5, 0.6) is 0 Å². The predicted molar refractivity (Wildman–Crippen MR) is 161 cm³/mol. The molecule has 1 atom stereocenters. The normalized spacial score (nSPS) is 18.5. The zero-order valence-corrected chi connectivity index (χ0v) is 24.1. The third kappa shape index (κ3) is 9.70. The number of anilines is 1. The molecule has 0 saturated heterocycles. The Morgan fingerprint density at radius 1 is 0.951 bits per heavy atom. The van der Waals surface area contributed by atoms with Crippen molar-refractivity contribution >= 4 is 29.2 Å². The molecule has 10 nitrogen and oxygen atoms in total. The number of hydrogen-bond acceptors (Lipinski definition) is 7. The minimum Gasteiger partial charge on any atom is -0.361 e. The maximum Gasteiger partial charge on any atom is 0.294 e. The second-order valence-electron chi connectivity index (χ2n) is 10.3. The highest BCUT2D eigenvalue weighted by Gasteiger charge is 2.18. The summed E-state index contributed by atoms with van der Waals surface area (Å²) in [6, 6.07) is 17.6. The molecule has 4 N–H and O–H groups in total. The lowest BCUT2D eigenvalue weighted by Gasteiger charge is -2.22. The van der Waals surface area contributed by atoms with Crippen molar-refractivity contribution in [2.24, 2.45) is 0 Å². The van der Waals surface area contributed by atoms with E-state index in [0.29, 0.717) is 13.0 Å². The number of aromatic nitrogens is 2. The Labute approximate surface area is 245 Å². The van der Waals surface area contributed by atoms with Crippen LogP contribution in [-0.2, 0) is 35.5 Å². The van der Waals surface area contributed by atoms with E-state index in [1.54, 1.807) is 0 Å². The summed E-state index contributed by atoms with van der Waals surface area (Å²) in [6.45, 7) is 3.13. The zero-order chi connectivity index (χ0) is 29.0. The van der Waals surface area contributed by atoms with Crippen LogP contribution in [0.2, 0.25) is 5.15 Å². The van der Waals surface area contributed by atoms with Gasteiger partial charge in [-0.25, -0.2) is 4.98 Å². The van der Waals surface area contributed by atoms with Gasteiger partial charge in [0.1, 0.15) is 11.7 Å². The Hall–Kier alpha value is -3.73. The second kappa shape index (κ2) is 15.3. The lowest BCUT2D eigenvalue weighted by Crippen LogP contribution is -2.43. The number of rotatable bonds is 2. The first-order valence-corrected chi connectivity index (χ1v) is 14.3. The van der Waals surface area contributed by atoms with Gasteiger partial charge in [-0.2, -0.15) is 0 Å². The lowest BCUT2D eigenvalue weighted by atomic mass is 10.1. The molecular formula is C30H38ClN7O3. The van der Waals surface area contributed by atoms with Crippen molar-refractivity contribution in [3.63, 3.8) is 0 Å². The van der Waals surface area contributed by atoms with Crippen LogP contribution in [0.3, 0.4) is 0 Å². The molecule has 1 aliphatic rings. The number of nitrogens with zero attached hydrogens (tertiary/aromatic N) is 3. The van der Waals surface area contributed by atoms with Crippen molar-refractivity contribution in [2.75, 3.05) is 45.1 Å². The summed E-state index contributed by atoms with van der Waals surface area (Å²) in [5.41, 5.74) is 2.68. The minimum atomic E-state index is -0.510. The average Bonchev–Trinajstić information content (AvgIpc) is 2.96. The van der Waals surface area contributed by atoms with Crippen LogP contribution in [0.25, 0.3) is 0 Å². The van der Waals surface area contributed by atoms with E-state index < -0.39 is 5.56 Å². The molecule has 4 bridgehead atoms. The maximum atomic E-state index is 13.3. The maximum absolute atomic E-state index is 13.3. The van der Waals surface area contributed by atoms with Crippen LogP contribution in [0.4, 0.5) is 5.82 Å². The number of halogens is 1. The van der Waals surface area contributed by atoms with Gasteiger partial charge in [0.25, 0.3) is 5.56 Å². The summed E-state index contributed by atoms with van der Waals surface area (Å²) in [7, 11) is 1.93. The van der Waals surface area contributed by atoms with Gasteiger partial charge < -0.3 is 21.3 Å². The number of hydrogen-bond donors (Lipinski definition) is 4. The Bertz CT molecular complexity index is 1370. The van der Waals surface area contributed by atoms with Crippen molar-refractivity contribution in [3.8, 4) is 0 Å². The molecule has 4 rings (SSSR count). The number of carbonyl (C=O) groups is 2. The molecule has 3 aromatic rings. The first-order chi connectivity index (χ1) is 19.9. The van der Waals surface area contributed by atoms with E-state index in [0.717, 1.165) is 43.6 Å². The first kappa shape index (κ1) is 30.2. The predicted octanol–water partition coefficient (Wildman–Crippen LogP) is 1.82. The topological polar surface area (TPSA) is 120 Å². The van der Waals surface area contributed by atoms with Gasteiger partial charge in [0.2, 0.25) is 11.8 Å². The number of amides is 2. The summed E-state index contributed by atoms with van der Waals surface area (Å²) in [4.78, 5) is 45.1. The molecule has 218 valence electrons. The molecule has 0 aliphatic carbocycles. The van der Waals surface area contributed by atoms with Crippen molar-refractivity contribution < 1.29 is 9.59 Å². The quantitative estimate of drug-likeness (QED) is 0.365. The smallest absolute Gasteiger partial charge is 0.294 e. The molecule has 1 aromatic heterocycles. The van der Waals surface area contributed by atoms with E-state index in [4.69, 9.17) is 11.6 Å². The van der Waals surface area contributed by atoms with Crippen LogP contribution < -0.4 is 26.8 Å². The van der Waals surface area contributed by atoms with E-state index in [1.807, 2.05) is 54.4 Å². The average molecular weight is 580 g/mol. The van der Waals surface area contributed by atoms with Crippen LogP contribution in [0.15, 0.2) is 65.6 Å². The number of benzene rings is 2. The van der Waals surface area contributed by atoms with Crippen LogP contribution in [0.1, 0.15) is 23.1 Å². The van der Waals surface area contributed by atoms with E-state index in [9.17, 15) is 14.4 Å². The third-order valence-corrected chi connectivity index (χ3v) is 7.20. The van der Waals surface area contributed by atoms with Gasteiger partial charge in [-0.1, -0.05) is 66.2 Å². The molecule has 0 radical (unpaired) electrons. The Morgan fingerprint density at radius 2 is 1.73 bits per heavy atom. The highest BCUT2D eigenvalue weighted by atomic mass is 35.5. The van der Waals surface area contributed by atoms with E-state index in [2.05, 4.69) is 38.4 Å². The third-order valence-electron chi connectivity index (χ3n) is 6.90. The molecule has 2 aromatic carbocycles. The number of fused-ring (bicyclic) bond motifs is 4. The molecule has 0 unspecified atom stereocenters. The zero-order valence-electron chi connectivity index (χ0n) is 23.4. The van der Waals surface area contributed by atoms with Gasteiger partial charge in [-0.3, -0.25) is 23.9 Å². The SMILES string of the molecule is CN1CCCNCCc2cccc(c2)CNC(=O)Cn2c(Cl)cnc(c2=O)N[C@H](Cc2ccccc2)CNC(=O)C1. The van der Waals surface area contributed by atoms with E-state index >= 15 is 0 Å². The fourth-order valence-electron chi connectivity index (χ4n) is 4.72. The monoisotopic (exact) mass is 579 g/mol. The molecule has 2 heterocycles. The first-order valence-electron chi connectivity index (χ1n) is 13.9. The van der Waals surface area contributed by atoms with Crippen molar-refractivity contribution in [2.45, 2.75) is 38.4 Å². The van der Waals surface area contributed by atoms with Crippen LogP contribution in [0, 0.1) is 0 Å². The van der Waals surface area contributed by atoms with Gasteiger partial charge in [-0.15, -0.1) is 0 Å². The Kier molecular flexibility index (Phi) is 11.3. The van der Waals surface area contributed by atoms with E-state index in [-0.39, 0.29) is 48.5 Å². The fraction of sp³-hybridized carbons (Fsp3) is 0.400. The second-order valence-corrected chi connectivity index (χ2v) is 10.7. The molecular weight excluding hydrogens is 542 g/mol. The summed E-state index contributed by atoms with van der Waals surface area (Å²) in [5, 5.41) is 12.6. The summed E-state index contributed by atoms with van der Waals surface area (Å²) < 4.78 is 1.19. The van der Waals surface area contributed by atoms with Gasteiger partial charge in [0.15, 0.2) is 5.82 Å². The molecule has 0 spiro atoms. The van der Waals surface area contributed by atoms with Crippen molar-refractivity contribution in [3.05, 3.63) is 93.0 Å². The minimum absolute atomic E-state index is 0.0617. The summed E-state index contributed by atoms with van der Waals surface area (Å²) in [6.07, 6.45) is 3.68. The summed E-state index contributed by atoms with van der Waals surface area (Å²) in [5.74, 6) is -0.376. The standard InChI is InChI=1S/C30H38ClN7O3/c1-37-14-6-12-32-13-11-23-9-5-10-24(15-23)17-33-28(40)21-38-26(31)19-35-29(30(38)41)36-25(18-34-27(39)20-37)16-22-7-3-2-4-8-22/h2-5,7-10,15,19,25,32H,6,11-14,16-18,20-21H2,1H3,(H,33,40)(H,34,39)(H,35,36)/t25-/m1/s1. The number of carbonyl (C=O) groups excluding carboxylic acids is 2. The highest BCUT2D eigenvalue weighted by Crippen LogP contribution is 2.11. The fourth-order valence-corrected chi connectivity index (χ4v) is 4.91. The van der Waals surface area contributed by atoms with Gasteiger partial charge in [0, 0.05) is 19.1 Å². The van der Waals surface area contributed by atoms with Crippen molar-refractivity contribution in [1.29, 1.82) is 0 Å². The van der Waals surface area contributed by atoms with Crippen molar-refractivity contribution in [1.82, 2.24) is 30.4 Å². The lowest BCUT2D eigenvalue weighted by molar-refractivity contribution is -0.122. The molecule has 2 amide bonds. The summed E-state index contributed by atoms with van der Waals surface area (Å²) >= 11 is 6.29. The number of nitrogens with one attached hydrogen (secondary N) is 4. The molecule has 0 fully saturated rings.